The molecule has 1 saturated heterocycles. The molecule has 4 heteroatoms. The van der Waals surface area contributed by atoms with Crippen molar-refractivity contribution in [2.75, 3.05) is 32.0 Å². The molecule has 2 heterocycles. The van der Waals surface area contributed by atoms with Gasteiger partial charge < -0.3 is 14.8 Å². The minimum Gasteiger partial charge on any atom is -0.356 e. The summed E-state index contributed by atoms with van der Waals surface area (Å²) in [6.45, 7) is 7.49. The van der Waals surface area contributed by atoms with Crippen LogP contribution in [-0.4, -0.2) is 41.1 Å². The number of imidazole rings is 1. The fourth-order valence-electron chi connectivity index (χ4n) is 2.36. The molecule has 4 nitrogen and oxygen atoms in total. The van der Waals surface area contributed by atoms with Gasteiger partial charge in [0.15, 0.2) is 0 Å². The average molecular weight is 222 g/mol. The zero-order valence-corrected chi connectivity index (χ0v) is 10.5. The zero-order chi connectivity index (χ0) is 11.5. The summed E-state index contributed by atoms with van der Waals surface area (Å²) in [7, 11) is 2.20. The summed E-state index contributed by atoms with van der Waals surface area (Å²) < 4.78 is 2.33. The summed E-state index contributed by atoms with van der Waals surface area (Å²) in [5.41, 5.74) is 1.11. The first-order valence-corrected chi connectivity index (χ1v) is 6.18. The van der Waals surface area contributed by atoms with Gasteiger partial charge in [-0.2, -0.15) is 0 Å². The minimum atomic E-state index is 0.617. The van der Waals surface area contributed by atoms with Gasteiger partial charge in [0.25, 0.3) is 0 Å². The number of rotatable bonds is 3. The average Bonchev–Trinajstić information content (AvgIpc) is 2.61. The van der Waals surface area contributed by atoms with Gasteiger partial charge in [0.05, 0.1) is 5.69 Å². The number of nitrogens with zero attached hydrogens (tertiary/aromatic N) is 3. The third kappa shape index (κ3) is 2.38. The van der Waals surface area contributed by atoms with E-state index in [-0.39, 0.29) is 0 Å². The molecule has 0 aromatic carbocycles. The highest BCUT2D eigenvalue weighted by Gasteiger charge is 2.20. The van der Waals surface area contributed by atoms with E-state index in [9.17, 15) is 0 Å². The summed E-state index contributed by atoms with van der Waals surface area (Å²) in [5.74, 6) is 1.04. The molecule has 0 radical (unpaired) electrons. The summed E-state index contributed by atoms with van der Waals surface area (Å²) in [6, 6.07) is 0.617. The van der Waals surface area contributed by atoms with Crippen LogP contribution in [0.4, 0.5) is 5.95 Å². The number of aromatic nitrogens is 2. The van der Waals surface area contributed by atoms with Crippen LogP contribution in [0.2, 0.25) is 0 Å². The highest BCUT2D eigenvalue weighted by Crippen LogP contribution is 2.25. The molecule has 0 unspecified atom stereocenters. The Balaban J connectivity index is 2.12. The Morgan fingerprint density at radius 2 is 2.12 bits per heavy atom. The monoisotopic (exact) mass is 222 g/mol. The Morgan fingerprint density at radius 3 is 2.75 bits per heavy atom. The van der Waals surface area contributed by atoms with Crippen molar-refractivity contribution in [1.82, 2.24) is 14.5 Å². The van der Waals surface area contributed by atoms with Crippen molar-refractivity contribution in [3.63, 3.8) is 0 Å². The van der Waals surface area contributed by atoms with Gasteiger partial charge in [-0.1, -0.05) is 0 Å². The molecular formula is C12H22N4. The van der Waals surface area contributed by atoms with Gasteiger partial charge in [-0.05, 0) is 46.8 Å². The molecule has 0 bridgehead atoms. The second-order valence-corrected chi connectivity index (χ2v) is 4.68. The van der Waals surface area contributed by atoms with Crippen LogP contribution in [0.1, 0.15) is 31.5 Å². The molecular weight excluding hydrogens is 200 g/mol. The minimum absolute atomic E-state index is 0.617. The van der Waals surface area contributed by atoms with E-state index in [2.05, 4.69) is 46.9 Å². The molecule has 0 aliphatic carbocycles. The van der Waals surface area contributed by atoms with E-state index in [0.717, 1.165) is 18.2 Å². The Hall–Kier alpha value is -1.03. The molecule has 0 atom stereocenters. The van der Waals surface area contributed by atoms with Gasteiger partial charge in [0.2, 0.25) is 5.95 Å². The fourth-order valence-corrected chi connectivity index (χ4v) is 2.36. The molecule has 0 spiro atoms. The largest absolute Gasteiger partial charge is 0.356 e. The van der Waals surface area contributed by atoms with Gasteiger partial charge in [-0.3, -0.25) is 0 Å². The van der Waals surface area contributed by atoms with E-state index in [0.29, 0.717) is 6.04 Å². The lowest BCUT2D eigenvalue weighted by Gasteiger charge is -2.30. The highest BCUT2D eigenvalue weighted by atomic mass is 15.2. The Labute approximate surface area is 97.7 Å². The number of aryl methyl sites for hydroxylation is 1. The van der Waals surface area contributed by atoms with Crippen LogP contribution < -0.4 is 5.32 Å². The second-order valence-electron chi connectivity index (χ2n) is 4.68. The molecule has 1 aliphatic heterocycles. The van der Waals surface area contributed by atoms with Crippen molar-refractivity contribution in [2.45, 2.75) is 32.7 Å². The van der Waals surface area contributed by atoms with Crippen LogP contribution >= 0.6 is 0 Å². The van der Waals surface area contributed by atoms with E-state index in [1.807, 2.05) is 0 Å². The Bertz CT molecular complexity index is 337. The summed E-state index contributed by atoms with van der Waals surface area (Å²) in [4.78, 5) is 6.93. The van der Waals surface area contributed by atoms with Crippen molar-refractivity contribution < 1.29 is 0 Å². The summed E-state index contributed by atoms with van der Waals surface area (Å²) in [6.07, 6.45) is 4.63. The number of likely N-dealkylation sites (tertiary alicyclic amines) is 1. The number of nitrogens with one attached hydrogen (secondary N) is 1. The molecule has 0 saturated carbocycles. The normalized spacial score (nSPS) is 18.9. The van der Waals surface area contributed by atoms with E-state index < -0.39 is 0 Å². The number of anilines is 1. The van der Waals surface area contributed by atoms with Gasteiger partial charge in [0.1, 0.15) is 0 Å². The standard InChI is InChI=1S/C12H22N4/c1-4-13-12-14-10(2)9-16(12)11-5-7-15(3)8-6-11/h9,11H,4-8H2,1-3H3,(H,13,14). The molecule has 16 heavy (non-hydrogen) atoms. The molecule has 1 aromatic heterocycles. The van der Waals surface area contributed by atoms with Crippen molar-refractivity contribution in [2.24, 2.45) is 0 Å². The van der Waals surface area contributed by atoms with E-state index in [1.165, 1.54) is 25.9 Å². The van der Waals surface area contributed by atoms with E-state index in [1.54, 1.807) is 0 Å². The van der Waals surface area contributed by atoms with Crippen LogP contribution in [-0.2, 0) is 0 Å². The van der Waals surface area contributed by atoms with Gasteiger partial charge in [-0.25, -0.2) is 4.98 Å². The fraction of sp³-hybridized carbons (Fsp3) is 0.750. The first kappa shape index (κ1) is 11.5. The van der Waals surface area contributed by atoms with Crippen LogP contribution in [0.3, 0.4) is 0 Å². The molecule has 2 rings (SSSR count). The topological polar surface area (TPSA) is 33.1 Å². The van der Waals surface area contributed by atoms with Crippen molar-refractivity contribution in [3.05, 3.63) is 11.9 Å². The number of hydrogen-bond acceptors (Lipinski definition) is 3. The number of hydrogen-bond donors (Lipinski definition) is 1. The Kier molecular flexibility index (Phi) is 3.49. The summed E-state index contributed by atoms with van der Waals surface area (Å²) >= 11 is 0. The predicted molar refractivity (Wildman–Crippen MR) is 66.9 cm³/mol. The SMILES string of the molecule is CCNc1nc(C)cn1C1CCN(C)CC1. The van der Waals surface area contributed by atoms with Crippen molar-refractivity contribution in [3.8, 4) is 0 Å². The third-order valence-corrected chi connectivity index (χ3v) is 3.27. The molecule has 0 amide bonds. The lowest BCUT2D eigenvalue weighted by molar-refractivity contribution is 0.222. The van der Waals surface area contributed by atoms with Crippen molar-refractivity contribution in [1.29, 1.82) is 0 Å². The van der Waals surface area contributed by atoms with Crippen molar-refractivity contribution >= 4 is 5.95 Å². The molecule has 1 fully saturated rings. The first-order valence-electron chi connectivity index (χ1n) is 6.18. The maximum Gasteiger partial charge on any atom is 0.203 e. The predicted octanol–water partition coefficient (Wildman–Crippen LogP) is 1.89. The lowest BCUT2D eigenvalue weighted by Crippen LogP contribution is -2.31. The van der Waals surface area contributed by atoms with Gasteiger partial charge in [-0.15, -0.1) is 0 Å². The zero-order valence-electron chi connectivity index (χ0n) is 10.5. The van der Waals surface area contributed by atoms with Crippen LogP contribution in [0.25, 0.3) is 0 Å². The van der Waals surface area contributed by atoms with E-state index in [4.69, 9.17) is 0 Å². The maximum absolute atomic E-state index is 4.53. The second kappa shape index (κ2) is 4.87. The number of piperidine rings is 1. The molecule has 90 valence electrons. The lowest BCUT2D eigenvalue weighted by atomic mass is 10.1. The van der Waals surface area contributed by atoms with Crippen LogP contribution in [0, 0.1) is 6.92 Å². The Morgan fingerprint density at radius 1 is 1.44 bits per heavy atom. The van der Waals surface area contributed by atoms with Crippen LogP contribution in [0.5, 0.6) is 0 Å². The summed E-state index contributed by atoms with van der Waals surface area (Å²) in [5, 5.41) is 3.34. The maximum atomic E-state index is 4.53. The van der Waals surface area contributed by atoms with Gasteiger partial charge in [0, 0.05) is 18.8 Å². The highest BCUT2D eigenvalue weighted by molar-refractivity contribution is 5.29. The van der Waals surface area contributed by atoms with Gasteiger partial charge >= 0.3 is 0 Å². The molecule has 1 aromatic rings. The third-order valence-electron chi connectivity index (χ3n) is 3.27. The molecule has 1 N–H and O–H groups in total. The van der Waals surface area contributed by atoms with Crippen LogP contribution in [0.15, 0.2) is 6.20 Å². The first-order chi connectivity index (χ1) is 7.70. The smallest absolute Gasteiger partial charge is 0.203 e. The van der Waals surface area contributed by atoms with E-state index >= 15 is 0 Å². The molecule has 1 aliphatic rings. The quantitative estimate of drug-likeness (QED) is 0.848.